The lowest BCUT2D eigenvalue weighted by Crippen LogP contribution is -2.41. The molecule has 7 nitrogen and oxygen atoms in total. The second-order valence-electron chi connectivity index (χ2n) is 4.39. The Labute approximate surface area is 126 Å². The molecule has 8 heteroatoms. The van der Waals surface area contributed by atoms with Crippen molar-refractivity contribution in [2.45, 2.75) is 32.2 Å². The van der Waals surface area contributed by atoms with Crippen LogP contribution in [0, 0.1) is 0 Å². The minimum Gasteiger partial charge on any atom is -0.480 e. The Morgan fingerprint density at radius 2 is 2.10 bits per heavy atom. The van der Waals surface area contributed by atoms with Crippen LogP contribution in [0.2, 0.25) is 5.15 Å². The summed E-state index contributed by atoms with van der Waals surface area (Å²) >= 11 is 5.81. The van der Waals surface area contributed by atoms with E-state index in [-0.39, 0.29) is 23.6 Å². The number of nitrogens with one attached hydrogen (secondary N) is 1. The van der Waals surface area contributed by atoms with Gasteiger partial charge in [-0.15, -0.1) is 0 Å². The predicted octanol–water partition coefficient (Wildman–Crippen LogP) is 0.746. The Morgan fingerprint density at radius 3 is 2.62 bits per heavy atom. The first-order valence-electron chi connectivity index (χ1n) is 6.32. The summed E-state index contributed by atoms with van der Waals surface area (Å²) in [5.41, 5.74) is 5.81. The Balaban J connectivity index is 2.84. The molecule has 0 saturated heterocycles. The summed E-state index contributed by atoms with van der Waals surface area (Å²) in [7, 11) is 0. The van der Waals surface area contributed by atoms with Gasteiger partial charge in [-0.3, -0.25) is 9.59 Å². The number of amides is 2. The van der Waals surface area contributed by atoms with Gasteiger partial charge in [-0.25, -0.2) is 9.78 Å². The molecule has 0 aliphatic heterocycles. The number of rotatable bonds is 7. The molecule has 0 saturated carbocycles. The fourth-order valence-corrected chi connectivity index (χ4v) is 1.88. The molecule has 0 spiro atoms. The van der Waals surface area contributed by atoms with Crippen molar-refractivity contribution in [2.24, 2.45) is 5.73 Å². The van der Waals surface area contributed by atoms with Gasteiger partial charge in [0.25, 0.3) is 5.91 Å². The molecular weight excluding hydrogens is 298 g/mol. The van der Waals surface area contributed by atoms with Crippen molar-refractivity contribution in [2.75, 3.05) is 0 Å². The number of nitrogens with zero attached hydrogens (tertiary/aromatic N) is 1. The zero-order valence-electron chi connectivity index (χ0n) is 11.4. The van der Waals surface area contributed by atoms with Crippen LogP contribution in [0.1, 0.15) is 35.8 Å². The normalized spacial score (nSPS) is 11.7. The number of aryl methyl sites for hydroxylation is 1. The van der Waals surface area contributed by atoms with E-state index in [1.165, 1.54) is 12.1 Å². The third-order valence-electron chi connectivity index (χ3n) is 2.75. The Kier molecular flexibility index (Phi) is 6.10. The summed E-state index contributed by atoms with van der Waals surface area (Å²) in [6.45, 7) is 1.85. The minimum absolute atomic E-state index is 0.0736. The number of hydrogen-bond acceptors (Lipinski definition) is 4. The number of carbonyl (C=O) groups excluding carboxylic acids is 2. The number of nitrogens with two attached hydrogens (primary N) is 1. The van der Waals surface area contributed by atoms with E-state index in [4.69, 9.17) is 22.4 Å². The van der Waals surface area contributed by atoms with Crippen molar-refractivity contribution >= 4 is 29.4 Å². The van der Waals surface area contributed by atoms with Gasteiger partial charge in [0, 0.05) is 17.7 Å². The SMILES string of the molecule is CCc1cc(C(=O)N[C@H](CCC(N)=O)C(=O)O)cc(Cl)n1. The standard InChI is InChI=1S/C13H16ClN3O4/c1-2-8-5-7(6-10(14)16-8)12(19)17-9(13(20)21)3-4-11(15)18/h5-6,9H,2-4H2,1H3,(H2,15,18)(H,17,19)(H,20,21)/t9-/m1/s1. The number of pyridine rings is 1. The van der Waals surface area contributed by atoms with Crippen LogP contribution in [-0.4, -0.2) is 33.9 Å². The van der Waals surface area contributed by atoms with Gasteiger partial charge in [0.15, 0.2) is 0 Å². The van der Waals surface area contributed by atoms with Crippen LogP contribution < -0.4 is 11.1 Å². The molecule has 1 atom stereocenters. The highest BCUT2D eigenvalue weighted by Crippen LogP contribution is 2.12. The van der Waals surface area contributed by atoms with Gasteiger partial charge in [-0.1, -0.05) is 18.5 Å². The van der Waals surface area contributed by atoms with Gasteiger partial charge >= 0.3 is 5.97 Å². The van der Waals surface area contributed by atoms with E-state index < -0.39 is 23.8 Å². The van der Waals surface area contributed by atoms with Crippen LogP contribution >= 0.6 is 11.6 Å². The fraction of sp³-hybridized carbons (Fsp3) is 0.385. The summed E-state index contributed by atoms with van der Waals surface area (Å²) in [5.74, 6) is -2.46. The summed E-state index contributed by atoms with van der Waals surface area (Å²) < 4.78 is 0. The first-order valence-corrected chi connectivity index (χ1v) is 6.69. The molecule has 21 heavy (non-hydrogen) atoms. The number of halogens is 1. The summed E-state index contributed by atoms with van der Waals surface area (Å²) in [4.78, 5) is 37.8. The second kappa shape index (κ2) is 7.58. The molecule has 0 radical (unpaired) electrons. The summed E-state index contributed by atoms with van der Waals surface area (Å²) in [6, 6.07) is 1.69. The highest BCUT2D eigenvalue weighted by Gasteiger charge is 2.21. The number of aromatic nitrogens is 1. The first-order chi connectivity index (χ1) is 9.83. The highest BCUT2D eigenvalue weighted by atomic mass is 35.5. The maximum atomic E-state index is 12.0. The van der Waals surface area contributed by atoms with Gasteiger partial charge in [-0.2, -0.15) is 0 Å². The van der Waals surface area contributed by atoms with Crippen LogP contribution in [0.4, 0.5) is 0 Å². The van der Waals surface area contributed by atoms with Crippen LogP contribution in [0.25, 0.3) is 0 Å². The van der Waals surface area contributed by atoms with Crippen molar-refractivity contribution in [1.82, 2.24) is 10.3 Å². The van der Waals surface area contributed by atoms with E-state index >= 15 is 0 Å². The quantitative estimate of drug-likeness (QED) is 0.641. The Morgan fingerprint density at radius 1 is 1.43 bits per heavy atom. The van der Waals surface area contributed by atoms with Crippen molar-refractivity contribution in [1.29, 1.82) is 0 Å². The molecule has 4 N–H and O–H groups in total. The third-order valence-corrected chi connectivity index (χ3v) is 2.95. The molecule has 1 aromatic heterocycles. The average molecular weight is 314 g/mol. The van der Waals surface area contributed by atoms with E-state index in [1.807, 2.05) is 6.92 Å². The van der Waals surface area contributed by atoms with Crippen molar-refractivity contribution in [3.63, 3.8) is 0 Å². The predicted molar refractivity (Wildman–Crippen MR) is 75.9 cm³/mol. The Hall–Kier alpha value is -2.15. The smallest absolute Gasteiger partial charge is 0.326 e. The van der Waals surface area contributed by atoms with Crippen LogP contribution in [-0.2, 0) is 16.0 Å². The minimum atomic E-state index is -1.24. The highest BCUT2D eigenvalue weighted by molar-refractivity contribution is 6.29. The number of hydrogen-bond donors (Lipinski definition) is 3. The topological polar surface area (TPSA) is 122 Å². The Bertz CT molecular complexity index is 562. The lowest BCUT2D eigenvalue weighted by molar-refractivity contribution is -0.139. The molecule has 0 unspecified atom stereocenters. The van der Waals surface area contributed by atoms with Gasteiger partial charge in [-0.05, 0) is 25.0 Å². The van der Waals surface area contributed by atoms with Gasteiger partial charge in [0.1, 0.15) is 11.2 Å². The van der Waals surface area contributed by atoms with Gasteiger partial charge in [0.2, 0.25) is 5.91 Å². The van der Waals surface area contributed by atoms with Crippen LogP contribution in [0.15, 0.2) is 12.1 Å². The molecule has 114 valence electrons. The number of carboxylic acid groups (broad SMARTS) is 1. The van der Waals surface area contributed by atoms with Crippen LogP contribution in [0.3, 0.4) is 0 Å². The maximum absolute atomic E-state index is 12.0. The van der Waals surface area contributed by atoms with E-state index in [1.54, 1.807) is 0 Å². The van der Waals surface area contributed by atoms with Crippen molar-refractivity contribution in [3.05, 3.63) is 28.5 Å². The van der Waals surface area contributed by atoms with Gasteiger partial charge in [0.05, 0.1) is 0 Å². The molecule has 1 rings (SSSR count). The molecule has 2 amide bonds. The van der Waals surface area contributed by atoms with E-state index in [0.717, 1.165) is 0 Å². The molecule has 0 aliphatic rings. The maximum Gasteiger partial charge on any atom is 0.326 e. The molecular formula is C13H16ClN3O4. The van der Waals surface area contributed by atoms with E-state index in [9.17, 15) is 14.4 Å². The number of carboxylic acids is 1. The zero-order chi connectivity index (χ0) is 16.0. The lowest BCUT2D eigenvalue weighted by atomic mass is 10.1. The average Bonchev–Trinajstić information content (AvgIpc) is 2.41. The zero-order valence-corrected chi connectivity index (χ0v) is 12.2. The van der Waals surface area contributed by atoms with Crippen molar-refractivity contribution in [3.8, 4) is 0 Å². The fourth-order valence-electron chi connectivity index (χ4n) is 1.65. The first kappa shape index (κ1) is 16.9. The third kappa shape index (κ3) is 5.39. The lowest BCUT2D eigenvalue weighted by Gasteiger charge is -2.14. The number of carbonyl (C=O) groups is 3. The molecule has 0 aromatic carbocycles. The summed E-state index contributed by atoms with van der Waals surface area (Å²) in [6.07, 6.45) is 0.384. The largest absolute Gasteiger partial charge is 0.480 e. The molecule has 1 heterocycles. The summed E-state index contributed by atoms with van der Waals surface area (Å²) in [5, 5.41) is 11.5. The van der Waals surface area contributed by atoms with Crippen LogP contribution in [0.5, 0.6) is 0 Å². The monoisotopic (exact) mass is 313 g/mol. The van der Waals surface area contributed by atoms with Gasteiger partial charge < -0.3 is 16.2 Å². The number of aliphatic carboxylic acids is 1. The molecule has 0 bridgehead atoms. The second-order valence-corrected chi connectivity index (χ2v) is 4.78. The van der Waals surface area contributed by atoms with Crippen molar-refractivity contribution < 1.29 is 19.5 Å². The van der Waals surface area contributed by atoms with E-state index in [2.05, 4.69) is 10.3 Å². The number of primary amides is 1. The van der Waals surface area contributed by atoms with E-state index in [0.29, 0.717) is 12.1 Å². The molecule has 1 aromatic rings. The molecule has 0 fully saturated rings. The molecule has 0 aliphatic carbocycles.